The molecule has 12 aromatic carbocycles. The number of rotatable bonds is 8. The summed E-state index contributed by atoms with van der Waals surface area (Å²) >= 11 is 13.8. The van der Waals surface area contributed by atoms with Crippen molar-refractivity contribution in [2.45, 2.75) is 219 Å². The number of hydrogen-bond acceptors (Lipinski definition) is 6. The van der Waals surface area contributed by atoms with Crippen LogP contribution >= 0.6 is 23.2 Å². The molecule has 6 aliphatic rings. The average molecular weight is 1550 g/mol. The van der Waals surface area contributed by atoms with Crippen molar-refractivity contribution >= 4 is 158 Å². The minimum atomic E-state index is 0.0137. The average Bonchev–Trinajstić information content (AvgIpc) is 1.01. The van der Waals surface area contributed by atoms with Gasteiger partial charge in [0.1, 0.15) is 22.3 Å². The van der Waals surface area contributed by atoms with E-state index < -0.39 is 0 Å². The summed E-state index contributed by atoms with van der Waals surface area (Å²) in [6.07, 6.45) is 9.40. The molecule has 9 heteroatoms. The van der Waals surface area contributed by atoms with Gasteiger partial charge in [0.2, 0.25) is 0 Å². The van der Waals surface area contributed by atoms with Crippen LogP contribution in [0.1, 0.15) is 218 Å². The van der Waals surface area contributed by atoms with Gasteiger partial charge in [0.05, 0.1) is 22.1 Å². The van der Waals surface area contributed by atoms with Crippen molar-refractivity contribution in [1.29, 1.82) is 0 Å². The summed E-state index contributed by atoms with van der Waals surface area (Å²) in [5.74, 6) is 0. The Morgan fingerprint density at radius 2 is 0.722 bits per heavy atom. The quantitative estimate of drug-likeness (QED) is 0.141. The molecule has 0 radical (unpaired) electrons. The molecule has 580 valence electrons. The molecule has 0 spiro atoms. The molecule has 0 N–H and O–H groups in total. The van der Waals surface area contributed by atoms with Gasteiger partial charge in [0.15, 0.2) is 0 Å². The van der Waals surface area contributed by atoms with E-state index in [0.717, 1.165) is 95.9 Å². The molecule has 0 amide bonds. The zero-order valence-corrected chi connectivity index (χ0v) is 72.0. The van der Waals surface area contributed by atoms with Gasteiger partial charge in [-0.15, -0.1) is 0 Å². The van der Waals surface area contributed by atoms with Crippen LogP contribution in [0.15, 0.2) is 233 Å². The number of anilines is 12. The third-order valence-corrected chi connectivity index (χ3v) is 28.8. The van der Waals surface area contributed by atoms with Crippen molar-refractivity contribution in [3.63, 3.8) is 0 Å². The first-order valence-corrected chi connectivity index (χ1v) is 42.8. The monoisotopic (exact) mass is 1550 g/mol. The fraction of sp³-hybridized carbons (Fsp3) is 0.321. The van der Waals surface area contributed by atoms with Gasteiger partial charge in [0.25, 0.3) is 6.71 Å². The van der Waals surface area contributed by atoms with Crippen LogP contribution in [0.5, 0.6) is 0 Å². The van der Waals surface area contributed by atoms with Crippen molar-refractivity contribution in [1.82, 2.24) is 0 Å². The van der Waals surface area contributed by atoms with E-state index in [2.05, 4.69) is 344 Å². The third kappa shape index (κ3) is 12.2. The van der Waals surface area contributed by atoms with Crippen LogP contribution in [0, 0.1) is 13.8 Å². The Balaban J connectivity index is 0.000000154. The highest BCUT2D eigenvalue weighted by Crippen LogP contribution is 2.57. The second kappa shape index (κ2) is 26.3. The van der Waals surface area contributed by atoms with Crippen molar-refractivity contribution < 1.29 is 8.83 Å². The summed E-state index contributed by atoms with van der Waals surface area (Å²) in [6, 6.07) is 83.4. The smallest absolute Gasteiger partial charge is 0.252 e. The second-order valence-electron chi connectivity index (χ2n) is 39.9. The highest BCUT2D eigenvalue weighted by Gasteiger charge is 2.49. The van der Waals surface area contributed by atoms with Crippen LogP contribution < -0.4 is 36.0 Å². The number of halogens is 2. The highest BCUT2D eigenvalue weighted by molar-refractivity contribution is 7.00. The van der Waals surface area contributed by atoms with E-state index in [1.165, 1.54) is 145 Å². The van der Waals surface area contributed by atoms with E-state index in [4.69, 9.17) is 32.0 Å². The lowest BCUT2D eigenvalue weighted by Gasteiger charge is -2.48. The van der Waals surface area contributed by atoms with E-state index in [0.29, 0.717) is 5.02 Å². The lowest BCUT2D eigenvalue weighted by molar-refractivity contribution is 0.332. The first-order chi connectivity index (χ1) is 54.6. The third-order valence-electron chi connectivity index (χ3n) is 28.3. The molecule has 0 saturated carbocycles. The maximum atomic E-state index is 7.03. The van der Waals surface area contributed by atoms with Crippen molar-refractivity contribution in [2.24, 2.45) is 0 Å². The molecule has 0 fully saturated rings. The maximum absolute atomic E-state index is 7.03. The van der Waals surface area contributed by atoms with Gasteiger partial charge >= 0.3 is 0 Å². The van der Waals surface area contributed by atoms with Crippen LogP contribution in [-0.2, 0) is 43.3 Å². The van der Waals surface area contributed by atoms with Gasteiger partial charge in [-0.25, -0.2) is 0 Å². The predicted octanol–water partition coefficient (Wildman–Crippen LogP) is 29.5. The summed E-state index contributed by atoms with van der Waals surface area (Å²) in [5.41, 5.74) is 36.1. The van der Waals surface area contributed by atoms with Crippen molar-refractivity contribution in [3.8, 4) is 0 Å². The Morgan fingerprint density at radius 3 is 1.29 bits per heavy atom. The standard InChI is InChI=1S/C53H52BClN2O.C53H55ClN2O/c1-31-25-44-49-45(26-31)57(41-14-12-16-47-48(41)34-13-10-11-15-46(34)58-47)42-27-32(55)17-20-39(42)54(49)40-29-37-38(53(8,9)24-23-52(37,6)7)30-43(40)56(44)33-18-19-35-36(28-33)51(4,5)22-21-50(35,2)3;1-34-28-39(31-40(29-34)56(36-15-12-14-35(54)30-36)46-17-13-19-48-49(46)41-16-10-11-18-47(41)57-48)55(37-20-22-42-44(32-37)52(6,7)26-24-50(42,2)3)38-21-23-43-45(33-38)53(8,9)27-25-51(43,4)5/h10-20,25-30H,21-24H2,1-9H3;10-23,28-33H,24-27H2,1-9H3. The van der Waals surface area contributed by atoms with Gasteiger partial charge in [-0.05, 0) is 320 Å². The molecule has 0 unspecified atom stereocenters. The minimum absolute atomic E-state index is 0.0137. The summed E-state index contributed by atoms with van der Waals surface area (Å²) in [6.45, 7) is 43.4. The topological polar surface area (TPSA) is 39.2 Å². The molecular formula is C106H107BCl2N4O2. The van der Waals surface area contributed by atoms with Crippen molar-refractivity contribution in [2.75, 3.05) is 19.6 Å². The molecule has 4 aliphatic carbocycles. The summed E-state index contributed by atoms with van der Waals surface area (Å²) in [4.78, 5) is 9.99. The number of nitrogens with zero attached hydrogens (tertiary/aromatic N) is 4. The molecule has 4 heterocycles. The van der Waals surface area contributed by atoms with Crippen LogP contribution in [0.3, 0.4) is 0 Å². The Morgan fingerprint density at radius 1 is 0.296 bits per heavy atom. The van der Waals surface area contributed by atoms with Gasteiger partial charge in [-0.1, -0.05) is 219 Å². The highest BCUT2D eigenvalue weighted by atomic mass is 35.5. The fourth-order valence-electron chi connectivity index (χ4n) is 21.2. The summed E-state index contributed by atoms with van der Waals surface area (Å²) in [7, 11) is 0. The van der Waals surface area contributed by atoms with E-state index >= 15 is 0 Å². The molecule has 2 aliphatic heterocycles. The first-order valence-electron chi connectivity index (χ1n) is 42.0. The summed E-state index contributed by atoms with van der Waals surface area (Å²) in [5, 5.41) is 5.81. The van der Waals surface area contributed by atoms with Crippen molar-refractivity contribution in [3.05, 3.63) is 290 Å². The van der Waals surface area contributed by atoms with Gasteiger partial charge in [-0.2, -0.15) is 0 Å². The van der Waals surface area contributed by atoms with Crippen LogP contribution in [-0.4, -0.2) is 6.71 Å². The molecule has 2 aromatic heterocycles. The maximum Gasteiger partial charge on any atom is 0.252 e. The Kier molecular flexibility index (Phi) is 17.2. The predicted molar refractivity (Wildman–Crippen MR) is 491 cm³/mol. The molecule has 0 saturated heterocycles. The lowest BCUT2D eigenvalue weighted by atomic mass is 9.33. The summed E-state index contributed by atoms with van der Waals surface area (Å²) < 4.78 is 12.9. The zero-order chi connectivity index (χ0) is 80.3. The number of furan rings is 2. The molecule has 115 heavy (non-hydrogen) atoms. The number of aryl methyl sites for hydroxylation is 2. The van der Waals surface area contributed by atoms with Gasteiger partial charge in [-0.3, -0.25) is 0 Å². The molecule has 0 bridgehead atoms. The molecule has 20 rings (SSSR count). The first kappa shape index (κ1) is 75.1. The normalized spacial score (nSPS) is 18.3. The Hall–Kier alpha value is -9.92. The van der Waals surface area contributed by atoms with E-state index in [1.54, 1.807) is 0 Å². The number of fused-ring (bicyclic) bond motifs is 14. The van der Waals surface area contributed by atoms with Crippen LogP contribution in [0.2, 0.25) is 10.0 Å². The van der Waals surface area contributed by atoms with E-state index in [9.17, 15) is 0 Å². The Labute approximate surface area is 691 Å². The number of para-hydroxylation sites is 2. The van der Waals surface area contributed by atoms with Crippen LogP contribution in [0.25, 0.3) is 43.9 Å². The largest absolute Gasteiger partial charge is 0.456 e. The number of hydrogen-bond donors (Lipinski definition) is 0. The van der Waals surface area contributed by atoms with Crippen LogP contribution in [0.4, 0.5) is 68.2 Å². The lowest BCUT2D eigenvalue weighted by Crippen LogP contribution is -2.61. The minimum Gasteiger partial charge on any atom is -0.456 e. The Bertz CT molecular complexity index is 6300. The molecule has 14 aromatic rings. The molecular weight excluding hydrogens is 1440 g/mol. The fourth-order valence-corrected chi connectivity index (χ4v) is 21.6. The SMILES string of the molecule is Cc1cc(N(c2ccc3c(c2)C(C)(C)CCC3(C)C)c2ccc3c(c2)C(C)(C)CCC3(C)C)cc(N(c2cccc(Cl)c2)c2cccc3oc4ccccc4c23)c1.Cc1cc2c3c(c1)N(c1cccc4oc5ccccc5c14)c1cc(Cl)ccc1B3c1cc3c(cc1N2c1ccc2c(c1)C(C)(C)CCC2(C)C)C(C)(C)CCC3(C)C. The van der Waals surface area contributed by atoms with Gasteiger partial charge in [0, 0.05) is 77.7 Å². The van der Waals surface area contributed by atoms with E-state index in [1.807, 2.05) is 24.3 Å². The zero-order valence-electron chi connectivity index (χ0n) is 70.5. The van der Waals surface area contributed by atoms with Gasteiger partial charge < -0.3 is 28.4 Å². The molecule has 0 atom stereocenters. The number of benzene rings is 12. The van der Waals surface area contributed by atoms with E-state index in [-0.39, 0.29) is 50.0 Å². The second-order valence-corrected chi connectivity index (χ2v) is 40.8. The molecule has 6 nitrogen and oxygen atoms in total.